The van der Waals surface area contributed by atoms with E-state index in [1.165, 1.54) is 11.4 Å². The second-order valence-electron chi connectivity index (χ2n) is 4.78. The van der Waals surface area contributed by atoms with Crippen LogP contribution in [0, 0.1) is 12.8 Å². The fourth-order valence-corrected chi connectivity index (χ4v) is 4.06. The van der Waals surface area contributed by atoms with Crippen LogP contribution in [-0.2, 0) is 19.6 Å². The van der Waals surface area contributed by atoms with Gasteiger partial charge >= 0.3 is 5.97 Å². The molecule has 2 rings (SSSR count). The van der Waals surface area contributed by atoms with Crippen molar-refractivity contribution < 1.29 is 17.9 Å². The Morgan fingerprint density at radius 2 is 2.15 bits per heavy atom. The van der Waals surface area contributed by atoms with E-state index in [1.54, 1.807) is 18.2 Å². The maximum Gasteiger partial charge on any atom is 0.310 e. The Balaban J connectivity index is 2.23. The largest absolute Gasteiger partial charge is 0.469 e. The summed E-state index contributed by atoms with van der Waals surface area (Å²) in [5, 5.41) is 0. The van der Waals surface area contributed by atoms with Gasteiger partial charge in [-0.1, -0.05) is 15.9 Å². The minimum Gasteiger partial charge on any atom is -0.469 e. The van der Waals surface area contributed by atoms with Crippen molar-refractivity contribution in [1.29, 1.82) is 0 Å². The third-order valence-corrected chi connectivity index (χ3v) is 6.20. The molecule has 0 radical (unpaired) electrons. The van der Waals surface area contributed by atoms with E-state index in [2.05, 4.69) is 20.7 Å². The number of methoxy groups -OCH3 is 1. The van der Waals surface area contributed by atoms with E-state index in [0.29, 0.717) is 13.0 Å². The van der Waals surface area contributed by atoms with E-state index in [0.717, 1.165) is 10.0 Å². The first kappa shape index (κ1) is 15.5. The highest BCUT2D eigenvalue weighted by Gasteiger charge is 2.36. The summed E-state index contributed by atoms with van der Waals surface area (Å²) < 4.78 is 31.9. The highest BCUT2D eigenvalue weighted by Crippen LogP contribution is 2.27. The van der Waals surface area contributed by atoms with Crippen LogP contribution in [0.1, 0.15) is 12.0 Å². The summed E-state index contributed by atoms with van der Waals surface area (Å²) in [6, 6.07) is 4.92. The van der Waals surface area contributed by atoms with Gasteiger partial charge in [0.15, 0.2) is 0 Å². The van der Waals surface area contributed by atoms with Crippen LogP contribution in [0.25, 0.3) is 0 Å². The smallest absolute Gasteiger partial charge is 0.310 e. The van der Waals surface area contributed by atoms with Crippen LogP contribution in [0.3, 0.4) is 0 Å². The van der Waals surface area contributed by atoms with Crippen molar-refractivity contribution in [3.8, 4) is 0 Å². The number of nitrogens with zero attached hydrogens (tertiary/aromatic N) is 1. The summed E-state index contributed by atoms with van der Waals surface area (Å²) in [5.41, 5.74) is 0.856. The van der Waals surface area contributed by atoms with Crippen molar-refractivity contribution in [3.63, 3.8) is 0 Å². The van der Waals surface area contributed by atoms with Gasteiger partial charge in [0.05, 0.1) is 17.9 Å². The predicted octanol–water partition coefficient (Wildman–Crippen LogP) is 1.94. The highest BCUT2D eigenvalue weighted by atomic mass is 79.9. The molecule has 110 valence electrons. The van der Waals surface area contributed by atoms with E-state index in [-0.39, 0.29) is 23.3 Å². The van der Waals surface area contributed by atoms with Crippen molar-refractivity contribution in [3.05, 3.63) is 28.2 Å². The molecule has 20 heavy (non-hydrogen) atoms. The molecular formula is C13H16BrNO4S. The SMILES string of the molecule is COC(=O)C1CCN(S(=O)(=O)c2ccc(Br)c(C)c2)C1. The summed E-state index contributed by atoms with van der Waals surface area (Å²) in [6.45, 7) is 2.37. The zero-order valence-corrected chi connectivity index (χ0v) is 13.7. The number of carbonyl (C=O) groups excluding carboxylic acids is 1. The summed E-state index contributed by atoms with van der Waals surface area (Å²) >= 11 is 3.35. The molecule has 0 saturated carbocycles. The average molecular weight is 362 g/mol. The number of benzene rings is 1. The zero-order chi connectivity index (χ0) is 14.9. The maximum absolute atomic E-state index is 12.5. The lowest BCUT2D eigenvalue weighted by Gasteiger charge is -2.16. The second-order valence-corrected chi connectivity index (χ2v) is 7.58. The molecule has 0 N–H and O–H groups in total. The number of sulfonamides is 1. The van der Waals surface area contributed by atoms with Crippen molar-refractivity contribution in [1.82, 2.24) is 4.31 Å². The van der Waals surface area contributed by atoms with E-state index in [9.17, 15) is 13.2 Å². The van der Waals surface area contributed by atoms with Gasteiger partial charge in [0, 0.05) is 17.6 Å². The van der Waals surface area contributed by atoms with E-state index < -0.39 is 10.0 Å². The molecule has 1 aliphatic heterocycles. The molecule has 7 heteroatoms. The minimum absolute atomic E-state index is 0.185. The Hall–Kier alpha value is -0.920. The Bertz CT molecular complexity index is 629. The third kappa shape index (κ3) is 2.89. The van der Waals surface area contributed by atoms with Crippen LogP contribution < -0.4 is 0 Å². The van der Waals surface area contributed by atoms with E-state index in [1.807, 2.05) is 6.92 Å². The molecule has 0 spiro atoms. The first-order valence-corrected chi connectivity index (χ1v) is 8.43. The number of hydrogen-bond acceptors (Lipinski definition) is 4. The molecule has 1 aliphatic rings. The Morgan fingerprint density at radius 1 is 1.45 bits per heavy atom. The van der Waals surface area contributed by atoms with Gasteiger partial charge in [0.25, 0.3) is 0 Å². The van der Waals surface area contributed by atoms with Gasteiger partial charge < -0.3 is 4.74 Å². The molecule has 0 aliphatic carbocycles. The maximum atomic E-state index is 12.5. The van der Waals surface area contributed by atoms with Crippen molar-refractivity contribution in [2.75, 3.05) is 20.2 Å². The van der Waals surface area contributed by atoms with Crippen LogP contribution in [0.15, 0.2) is 27.6 Å². The molecule has 1 fully saturated rings. The Morgan fingerprint density at radius 3 is 2.75 bits per heavy atom. The summed E-state index contributed by atoms with van der Waals surface area (Å²) in [4.78, 5) is 11.7. The molecule has 1 heterocycles. The predicted molar refractivity (Wildman–Crippen MR) is 77.8 cm³/mol. The van der Waals surface area contributed by atoms with Crippen LogP contribution >= 0.6 is 15.9 Å². The summed E-state index contributed by atoms with van der Waals surface area (Å²) in [5.74, 6) is -0.721. The fourth-order valence-electron chi connectivity index (χ4n) is 2.23. The lowest BCUT2D eigenvalue weighted by atomic mass is 10.1. The van der Waals surface area contributed by atoms with Crippen molar-refractivity contribution in [2.45, 2.75) is 18.2 Å². The minimum atomic E-state index is -3.55. The van der Waals surface area contributed by atoms with Gasteiger partial charge in [-0.2, -0.15) is 4.31 Å². The van der Waals surface area contributed by atoms with E-state index in [4.69, 9.17) is 0 Å². The number of ether oxygens (including phenoxy) is 1. The molecule has 1 unspecified atom stereocenters. The molecule has 1 aromatic carbocycles. The van der Waals surface area contributed by atoms with Crippen LogP contribution in [0.4, 0.5) is 0 Å². The molecule has 0 aromatic heterocycles. The lowest BCUT2D eigenvalue weighted by molar-refractivity contribution is -0.144. The molecule has 1 atom stereocenters. The molecule has 1 aromatic rings. The molecule has 5 nitrogen and oxygen atoms in total. The Kier molecular flexibility index (Phi) is 4.51. The van der Waals surface area contributed by atoms with Crippen molar-refractivity contribution in [2.24, 2.45) is 5.92 Å². The lowest BCUT2D eigenvalue weighted by Crippen LogP contribution is -2.30. The number of esters is 1. The zero-order valence-electron chi connectivity index (χ0n) is 11.3. The fraction of sp³-hybridized carbons (Fsp3) is 0.462. The number of halogens is 1. The van der Waals surface area contributed by atoms with Gasteiger partial charge in [-0.05, 0) is 37.1 Å². The van der Waals surface area contributed by atoms with Gasteiger partial charge in [0.1, 0.15) is 0 Å². The second kappa shape index (κ2) is 5.83. The van der Waals surface area contributed by atoms with Crippen LogP contribution in [0.2, 0.25) is 0 Å². The standard InChI is InChI=1S/C13H16BrNO4S/c1-9-7-11(3-4-12(9)14)20(17,18)15-6-5-10(8-15)13(16)19-2/h3-4,7,10H,5-6,8H2,1-2H3. The molecular weight excluding hydrogens is 346 g/mol. The molecule has 1 saturated heterocycles. The van der Waals surface area contributed by atoms with Gasteiger partial charge in [-0.15, -0.1) is 0 Å². The number of aryl methyl sites for hydroxylation is 1. The van der Waals surface area contributed by atoms with Gasteiger partial charge in [0.2, 0.25) is 10.0 Å². The van der Waals surface area contributed by atoms with Crippen LogP contribution in [0.5, 0.6) is 0 Å². The number of carbonyl (C=O) groups is 1. The van der Waals surface area contributed by atoms with Crippen LogP contribution in [-0.4, -0.2) is 38.9 Å². The topological polar surface area (TPSA) is 63.7 Å². The normalized spacial score (nSPS) is 20.1. The molecule has 0 amide bonds. The number of rotatable bonds is 3. The third-order valence-electron chi connectivity index (χ3n) is 3.45. The Labute approximate surface area is 127 Å². The molecule has 0 bridgehead atoms. The summed E-state index contributed by atoms with van der Waals surface area (Å²) in [6.07, 6.45) is 0.501. The number of hydrogen-bond donors (Lipinski definition) is 0. The van der Waals surface area contributed by atoms with Crippen molar-refractivity contribution >= 4 is 31.9 Å². The summed E-state index contributed by atoms with van der Waals surface area (Å²) in [7, 11) is -2.23. The van der Waals surface area contributed by atoms with E-state index >= 15 is 0 Å². The van der Waals surface area contributed by atoms with Gasteiger partial charge in [-0.25, -0.2) is 8.42 Å². The highest BCUT2D eigenvalue weighted by molar-refractivity contribution is 9.10. The van der Waals surface area contributed by atoms with Gasteiger partial charge in [-0.3, -0.25) is 4.79 Å². The first-order valence-electron chi connectivity index (χ1n) is 6.20. The first-order chi connectivity index (χ1) is 9.36. The average Bonchev–Trinajstić information content (AvgIpc) is 2.91. The monoisotopic (exact) mass is 361 g/mol. The quantitative estimate of drug-likeness (QED) is 0.771.